The normalized spacial score (nSPS) is 18.3. The Morgan fingerprint density at radius 2 is 1.82 bits per heavy atom. The second kappa shape index (κ2) is 7.19. The minimum absolute atomic E-state index is 0.0548. The molecule has 1 aliphatic heterocycles. The predicted molar refractivity (Wildman–Crippen MR) is 78.3 cm³/mol. The van der Waals surface area contributed by atoms with E-state index in [9.17, 15) is 18.3 Å². The number of β-amino-alcohol motifs (C(OH)–C–C–N with tert-alkyl or cyclic N) is 1. The van der Waals surface area contributed by atoms with Crippen molar-refractivity contribution >= 4 is 5.69 Å². The van der Waals surface area contributed by atoms with Gasteiger partial charge in [0.05, 0.1) is 25.3 Å². The van der Waals surface area contributed by atoms with Crippen LogP contribution in [0.3, 0.4) is 0 Å². The molecule has 22 heavy (non-hydrogen) atoms. The zero-order valence-electron chi connectivity index (χ0n) is 12.5. The van der Waals surface area contributed by atoms with Crippen LogP contribution in [-0.4, -0.2) is 62.1 Å². The van der Waals surface area contributed by atoms with Crippen LogP contribution < -0.4 is 9.64 Å². The van der Waals surface area contributed by atoms with E-state index in [1.165, 1.54) is 0 Å². The molecule has 7 heteroatoms. The first kappa shape index (κ1) is 16.9. The van der Waals surface area contributed by atoms with Crippen molar-refractivity contribution in [1.29, 1.82) is 0 Å². The molecule has 1 saturated heterocycles. The van der Waals surface area contributed by atoms with Crippen LogP contribution in [0.1, 0.15) is 6.42 Å². The van der Waals surface area contributed by atoms with Crippen LogP contribution >= 0.6 is 0 Å². The summed E-state index contributed by atoms with van der Waals surface area (Å²) in [6.07, 6.45) is -6.84. The Kier molecular flexibility index (Phi) is 5.52. The molecule has 1 atom stereocenters. The second-order valence-electron chi connectivity index (χ2n) is 5.43. The van der Waals surface area contributed by atoms with Crippen LogP contribution in [0.15, 0.2) is 24.3 Å². The third-order valence-electron chi connectivity index (χ3n) is 3.73. The van der Waals surface area contributed by atoms with E-state index in [1.54, 1.807) is 7.11 Å². The van der Waals surface area contributed by atoms with Crippen LogP contribution in [0.25, 0.3) is 0 Å². The van der Waals surface area contributed by atoms with Crippen molar-refractivity contribution in [2.24, 2.45) is 0 Å². The van der Waals surface area contributed by atoms with Crippen molar-refractivity contribution in [3.05, 3.63) is 24.3 Å². The number of aliphatic hydroxyl groups excluding tert-OH is 1. The molecule has 1 N–H and O–H groups in total. The lowest BCUT2D eigenvalue weighted by molar-refractivity contribution is -0.155. The molecule has 0 radical (unpaired) electrons. The van der Waals surface area contributed by atoms with Crippen molar-refractivity contribution in [3.63, 3.8) is 0 Å². The summed E-state index contributed by atoms with van der Waals surface area (Å²) in [6.45, 7) is 2.68. The van der Waals surface area contributed by atoms with Gasteiger partial charge in [-0.05, 0) is 12.1 Å². The topological polar surface area (TPSA) is 35.9 Å². The van der Waals surface area contributed by atoms with E-state index in [0.29, 0.717) is 26.2 Å². The van der Waals surface area contributed by atoms with Crippen LogP contribution in [0.5, 0.6) is 5.75 Å². The third kappa shape index (κ3) is 4.78. The maximum Gasteiger partial charge on any atom is 0.391 e. The highest BCUT2D eigenvalue weighted by atomic mass is 19.4. The molecule has 1 fully saturated rings. The first-order valence-corrected chi connectivity index (χ1v) is 7.24. The van der Waals surface area contributed by atoms with Gasteiger partial charge in [0.25, 0.3) is 0 Å². The fraction of sp³-hybridized carbons (Fsp3) is 0.600. The van der Waals surface area contributed by atoms with E-state index in [0.717, 1.165) is 11.4 Å². The maximum atomic E-state index is 12.2. The molecule has 0 unspecified atom stereocenters. The van der Waals surface area contributed by atoms with E-state index in [-0.39, 0.29) is 6.54 Å². The van der Waals surface area contributed by atoms with Gasteiger partial charge in [0.1, 0.15) is 5.75 Å². The highest BCUT2D eigenvalue weighted by Gasteiger charge is 2.32. The number of hydrogen-bond acceptors (Lipinski definition) is 4. The number of nitrogens with zero attached hydrogens (tertiary/aromatic N) is 2. The van der Waals surface area contributed by atoms with Crippen molar-refractivity contribution in [2.75, 3.05) is 44.7 Å². The van der Waals surface area contributed by atoms with Gasteiger partial charge in [0.15, 0.2) is 0 Å². The van der Waals surface area contributed by atoms with Gasteiger partial charge in [-0.1, -0.05) is 12.1 Å². The molecule has 0 bridgehead atoms. The Balaban J connectivity index is 1.85. The molecular formula is C15H21F3N2O2. The van der Waals surface area contributed by atoms with Gasteiger partial charge in [-0.25, -0.2) is 0 Å². The number of methoxy groups -OCH3 is 1. The van der Waals surface area contributed by atoms with Gasteiger partial charge in [0, 0.05) is 32.7 Å². The van der Waals surface area contributed by atoms with Gasteiger partial charge in [-0.15, -0.1) is 0 Å². The minimum Gasteiger partial charge on any atom is -0.495 e. The summed E-state index contributed by atoms with van der Waals surface area (Å²) >= 11 is 0. The number of aliphatic hydroxyl groups is 1. The number of benzene rings is 1. The van der Waals surface area contributed by atoms with Crippen LogP contribution in [0.4, 0.5) is 18.9 Å². The molecule has 124 valence electrons. The third-order valence-corrected chi connectivity index (χ3v) is 3.73. The van der Waals surface area contributed by atoms with Crippen molar-refractivity contribution in [2.45, 2.75) is 18.7 Å². The van der Waals surface area contributed by atoms with Crippen LogP contribution in [0, 0.1) is 0 Å². The van der Waals surface area contributed by atoms with Gasteiger partial charge in [0.2, 0.25) is 0 Å². The van der Waals surface area contributed by atoms with Gasteiger partial charge >= 0.3 is 6.18 Å². The Bertz CT molecular complexity index is 474. The number of halogens is 3. The quantitative estimate of drug-likeness (QED) is 0.902. The fourth-order valence-corrected chi connectivity index (χ4v) is 2.69. The number of para-hydroxylation sites is 2. The number of hydrogen-bond donors (Lipinski definition) is 1. The van der Waals surface area contributed by atoms with Gasteiger partial charge in [-0.3, -0.25) is 4.90 Å². The number of rotatable bonds is 5. The summed E-state index contributed by atoms with van der Waals surface area (Å²) < 4.78 is 42.0. The largest absolute Gasteiger partial charge is 0.495 e. The zero-order chi connectivity index (χ0) is 16.2. The summed E-state index contributed by atoms with van der Waals surface area (Å²) in [4.78, 5) is 4.01. The molecule has 0 spiro atoms. The van der Waals surface area contributed by atoms with Gasteiger partial charge < -0.3 is 14.7 Å². The van der Waals surface area contributed by atoms with Crippen molar-refractivity contribution in [1.82, 2.24) is 4.90 Å². The van der Waals surface area contributed by atoms with E-state index >= 15 is 0 Å². The van der Waals surface area contributed by atoms with Crippen molar-refractivity contribution < 1.29 is 23.0 Å². The summed E-state index contributed by atoms with van der Waals surface area (Å²) in [6, 6.07) is 7.67. The summed E-state index contributed by atoms with van der Waals surface area (Å²) in [7, 11) is 1.61. The predicted octanol–water partition coefficient (Wildman–Crippen LogP) is 2.13. The molecule has 1 aromatic carbocycles. The first-order valence-electron chi connectivity index (χ1n) is 7.24. The molecule has 0 saturated carbocycles. The molecule has 4 nitrogen and oxygen atoms in total. The lowest BCUT2D eigenvalue weighted by Gasteiger charge is -2.37. The van der Waals surface area contributed by atoms with E-state index < -0.39 is 18.7 Å². The molecular weight excluding hydrogens is 297 g/mol. The molecule has 0 aromatic heterocycles. The Hall–Kier alpha value is -1.47. The van der Waals surface area contributed by atoms with Gasteiger partial charge in [-0.2, -0.15) is 13.2 Å². The smallest absolute Gasteiger partial charge is 0.391 e. The molecule has 1 aliphatic rings. The zero-order valence-corrected chi connectivity index (χ0v) is 12.5. The van der Waals surface area contributed by atoms with Crippen LogP contribution in [-0.2, 0) is 0 Å². The summed E-state index contributed by atoms with van der Waals surface area (Å²) in [5, 5.41) is 9.51. The average Bonchev–Trinajstić information content (AvgIpc) is 2.46. The monoisotopic (exact) mass is 318 g/mol. The standard InChI is InChI=1S/C15H21F3N2O2/c1-22-14-5-3-2-4-13(14)20-8-6-19(7-9-20)11-12(21)10-15(16,17)18/h2-5,12,21H,6-11H2,1H3/t12-/m0/s1. The minimum atomic E-state index is -4.32. The Morgan fingerprint density at radius 1 is 1.18 bits per heavy atom. The molecule has 0 aliphatic carbocycles. The number of piperazine rings is 1. The summed E-state index contributed by atoms with van der Waals surface area (Å²) in [5.74, 6) is 0.785. The average molecular weight is 318 g/mol. The molecule has 0 amide bonds. The number of ether oxygens (including phenoxy) is 1. The SMILES string of the molecule is COc1ccccc1N1CCN(C[C@@H](O)CC(F)(F)F)CC1. The van der Waals surface area contributed by atoms with E-state index in [1.807, 2.05) is 29.2 Å². The molecule has 1 aromatic rings. The number of alkyl halides is 3. The highest BCUT2D eigenvalue weighted by molar-refractivity contribution is 5.58. The summed E-state index contributed by atoms with van der Waals surface area (Å²) in [5.41, 5.74) is 0.987. The maximum absolute atomic E-state index is 12.2. The van der Waals surface area contributed by atoms with E-state index in [4.69, 9.17) is 4.74 Å². The molecule has 2 rings (SSSR count). The van der Waals surface area contributed by atoms with Crippen molar-refractivity contribution in [3.8, 4) is 5.75 Å². The fourth-order valence-electron chi connectivity index (χ4n) is 2.69. The second-order valence-corrected chi connectivity index (χ2v) is 5.43. The van der Waals surface area contributed by atoms with E-state index in [2.05, 4.69) is 4.90 Å². The van der Waals surface area contributed by atoms with Crippen LogP contribution in [0.2, 0.25) is 0 Å². The number of anilines is 1. The highest BCUT2D eigenvalue weighted by Crippen LogP contribution is 2.28. The lowest BCUT2D eigenvalue weighted by Crippen LogP contribution is -2.49. The first-order chi connectivity index (χ1) is 10.4. The Labute approximate surface area is 128 Å². The lowest BCUT2D eigenvalue weighted by atomic mass is 10.2. The Morgan fingerprint density at radius 3 is 2.41 bits per heavy atom. The molecule has 1 heterocycles.